The van der Waals surface area contributed by atoms with Crippen LogP contribution in [0.1, 0.15) is 44.9 Å². The molecule has 0 saturated heterocycles. The zero-order chi connectivity index (χ0) is 22.3. The summed E-state index contributed by atoms with van der Waals surface area (Å²) < 4.78 is 0. The van der Waals surface area contributed by atoms with Crippen molar-refractivity contribution in [2.75, 3.05) is 32.1 Å². The van der Waals surface area contributed by atoms with Crippen molar-refractivity contribution in [2.45, 2.75) is 60.3 Å². The molecule has 5 heteroatoms. The third-order valence-electron chi connectivity index (χ3n) is 7.66. The maximum atomic E-state index is 6.32. The number of para-hydroxylation sites is 1. The first-order chi connectivity index (χ1) is 15.4. The molecule has 0 amide bonds. The zero-order valence-corrected chi connectivity index (χ0v) is 21.0. The number of nitrogens with zero attached hydrogens (tertiary/aromatic N) is 2. The van der Waals surface area contributed by atoms with Crippen LogP contribution in [-0.4, -0.2) is 37.6 Å². The molecule has 0 atom stereocenters. The van der Waals surface area contributed by atoms with Crippen molar-refractivity contribution >= 4 is 34.7 Å². The van der Waals surface area contributed by atoms with Crippen molar-refractivity contribution in [2.24, 2.45) is 23.5 Å². The predicted molar refractivity (Wildman–Crippen MR) is 137 cm³/mol. The number of benzene rings is 2. The van der Waals surface area contributed by atoms with E-state index in [9.17, 15) is 0 Å². The Hall–Kier alpha value is -1.20. The van der Waals surface area contributed by atoms with Gasteiger partial charge < -0.3 is 15.5 Å². The van der Waals surface area contributed by atoms with Gasteiger partial charge in [0.15, 0.2) is 0 Å². The van der Waals surface area contributed by atoms with E-state index in [1.165, 1.54) is 59.7 Å². The van der Waals surface area contributed by atoms with Crippen molar-refractivity contribution < 1.29 is 0 Å². The van der Waals surface area contributed by atoms with Crippen molar-refractivity contribution in [3.63, 3.8) is 0 Å². The van der Waals surface area contributed by atoms with Gasteiger partial charge in [-0.3, -0.25) is 0 Å². The molecule has 2 N–H and O–H groups in total. The highest BCUT2D eigenvalue weighted by Gasteiger charge is 2.48. The van der Waals surface area contributed by atoms with Crippen LogP contribution in [0.5, 0.6) is 0 Å². The predicted octanol–water partition coefficient (Wildman–Crippen LogP) is 6.81. The highest BCUT2D eigenvalue weighted by Crippen LogP contribution is 2.54. The molecule has 4 aliphatic carbocycles. The molecule has 4 bridgehead atoms. The van der Waals surface area contributed by atoms with Crippen LogP contribution in [-0.2, 0) is 0 Å². The largest absolute Gasteiger partial charge is 0.340 e. The maximum absolute atomic E-state index is 6.32. The second kappa shape index (κ2) is 9.21. The molecule has 0 radical (unpaired) electrons. The lowest BCUT2D eigenvalue weighted by atomic mass is 9.53. The van der Waals surface area contributed by atoms with Crippen LogP contribution < -0.4 is 10.6 Å². The Labute approximate surface area is 202 Å². The average Bonchev–Trinajstić information content (AvgIpc) is 2.72. The fourth-order valence-corrected chi connectivity index (χ4v) is 8.01. The zero-order valence-electron chi connectivity index (χ0n) is 19.4. The molecule has 2 aromatic carbocycles. The number of halogens is 1. The van der Waals surface area contributed by atoms with Gasteiger partial charge >= 0.3 is 0 Å². The first-order valence-corrected chi connectivity index (χ1v) is 13.4. The Bertz CT molecular complexity index is 924. The van der Waals surface area contributed by atoms with E-state index in [1.807, 2.05) is 17.8 Å². The molecule has 0 unspecified atom stereocenters. The maximum Gasteiger partial charge on any atom is 0.0567 e. The van der Waals surface area contributed by atoms with Crippen molar-refractivity contribution in [3.05, 3.63) is 47.5 Å². The molecular formula is C27H36ClN3S. The standard InChI is InChI=1S/C17H19ClN2S.C10H17N/c1-19(2)10-5-11-20-14-6-3-4-7-16(14)21-17-9-8-13(18)12-15(17)20;11-10-4-7-1-8(5-10)3-9(2-7)6-10/h3-4,6-9,12H,5,10-11H2,1-2H3;7-9H,1-6,11H2. The fourth-order valence-electron chi connectivity index (χ4n) is 6.77. The van der Waals surface area contributed by atoms with E-state index < -0.39 is 0 Å². The number of fused-ring (bicyclic) bond motifs is 2. The first-order valence-electron chi connectivity index (χ1n) is 12.2. The Morgan fingerprint density at radius 1 is 0.969 bits per heavy atom. The van der Waals surface area contributed by atoms with E-state index in [2.05, 4.69) is 60.3 Å². The Kier molecular flexibility index (Phi) is 6.50. The highest BCUT2D eigenvalue weighted by molar-refractivity contribution is 7.99. The van der Waals surface area contributed by atoms with Gasteiger partial charge in [0, 0.05) is 26.9 Å². The van der Waals surface area contributed by atoms with Gasteiger partial charge in [0.1, 0.15) is 0 Å². The molecule has 0 aromatic heterocycles. The molecule has 2 aromatic rings. The smallest absolute Gasteiger partial charge is 0.0567 e. The molecular weight excluding hydrogens is 434 g/mol. The van der Waals surface area contributed by atoms with Crippen molar-refractivity contribution in [3.8, 4) is 0 Å². The molecule has 1 heterocycles. The van der Waals surface area contributed by atoms with Gasteiger partial charge in [0.2, 0.25) is 0 Å². The van der Waals surface area contributed by atoms with Gasteiger partial charge in [-0.1, -0.05) is 35.5 Å². The van der Waals surface area contributed by atoms with E-state index in [0.717, 1.165) is 42.3 Å². The average molecular weight is 470 g/mol. The first kappa shape index (κ1) is 22.6. The van der Waals surface area contributed by atoms with E-state index in [4.69, 9.17) is 17.3 Å². The van der Waals surface area contributed by atoms with Crippen LogP contribution in [0.3, 0.4) is 0 Å². The van der Waals surface area contributed by atoms with Gasteiger partial charge in [-0.25, -0.2) is 0 Å². The third-order valence-corrected chi connectivity index (χ3v) is 9.03. The topological polar surface area (TPSA) is 32.5 Å². The number of nitrogens with two attached hydrogens (primary N) is 1. The summed E-state index contributed by atoms with van der Waals surface area (Å²) in [7, 11) is 4.23. The molecule has 4 fully saturated rings. The molecule has 4 saturated carbocycles. The molecule has 0 spiro atoms. The number of hydrogen-bond acceptors (Lipinski definition) is 4. The van der Waals surface area contributed by atoms with Crippen LogP contribution in [0.4, 0.5) is 11.4 Å². The second-order valence-corrected chi connectivity index (χ2v) is 12.3. The summed E-state index contributed by atoms with van der Waals surface area (Å²) in [6.45, 7) is 2.09. The SMILES string of the molecule is CN(C)CCCN1c2ccccc2Sc2ccc(Cl)cc21.NC12CC3CC(CC(C3)C1)C2. The minimum atomic E-state index is 0.300. The minimum absolute atomic E-state index is 0.300. The lowest BCUT2D eigenvalue weighted by molar-refractivity contribution is 0.000365. The van der Waals surface area contributed by atoms with Crippen LogP contribution in [0, 0.1) is 17.8 Å². The van der Waals surface area contributed by atoms with E-state index in [0.29, 0.717) is 5.54 Å². The lowest BCUT2D eigenvalue weighted by Gasteiger charge is -2.55. The minimum Gasteiger partial charge on any atom is -0.340 e. The number of anilines is 2. The summed E-state index contributed by atoms with van der Waals surface area (Å²) in [6.07, 6.45) is 9.69. The van der Waals surface area contributed by atoms with Crippen molar-refractivity contribution in [1.29, 1.82) is 0 Å². The van der Waals surface area contributed by atoms with Crippen LogP contribution in [0.15, 0.2) is 52.3 Å². The molecule has 7 rings (SSSR count). The van der Waals surface area contributed by atoms with E-state index in [1.54, 1.807) is 0 Å². The van der Waals surface area contributed by atoms with Crippen LogP contribution >= 0.6 is 23.4 Å². The monoisotopic (exact) mass is 469 g/mol. The van der Waals surface area contributed by atoms with Gasteiger partial charge in [0.25, 0.3) is 0 Å². The van der Waals surface area contributed by atoms with Gasteiger partial charge in [-0.05, 0) is 114 Å². The molecule has 32 heavy (non-hydrogen) atoms. The normalized spacial score (nSPS) is 29.4. The van der Waals surface area contributed by atoms with E-state index in [-0.39, 0.29) is 0 Å². The number of rotatable bonds is 4. The Morgan fingerprint density at radius 3 is 2.22 bits per heavy atom. The van der Waals surface area contributed by atoms with Crippen molar-refractivity contribution in [1.82, 2.24) is 4.90 Å². The molecule has 5 aliphatic rings. The van der Waals surface area contributed by atoms with Crippen LogP contribution in [0.25, 0.3) is 0 Å². The summed E-state index contributed by atoms with van der Waals surface area (Å²) >= 11 is 8.03. The molecule has 172 valence electrons. The molecule has 1 aliphatic heterocycles. The second-order valence-electron chi connectivity index (χ2n) is 10.8. The Morgan fingerprint density at radius 2 is 1.59 bits per heavy atom. The Balaban J connectivity index is 0.000000163. The van der Waals surface area contributed by atoms with Gasteiger partial charge in [0.05, 0.1) is 11.4 Å². The summed E-state index contributed by atoms with van der Waals surface area (Å²) in [4.78, 5) is 7.22. The van der Waals surface area contributed by atoms with Gasteiger partial charge in [-0.2, -0.15) is 0 Å². The summed E-state index contributed by atoms with van der Waals surface area (Å²) in [5.74, 6) is 3.06. The fraction of sp³-hybridized carbons (Fsp3) is 0.556. The van der Waals surface area contributed by atoms with E-state index >= 15 is 0 Å². The summed E-state index contributed by atoms with van der Waals surface area (Å²) in [5, 5.41) is 0.798. The summed E-state index contributed by atoms with van der Waals surface area (Å²) in [6, 6.07) is 14.8. The highest BCUT2D eigenvalue weighted by atomic mass is 35.5. The lowest BCUT2D eigenvalue weighted by Crippen LogP contribution is -2.55. The molecule has 3 nitrogen and oxygen atoms in total. The third kappa shape index (κ3) is 4.84. The summed E-state index contributed by atoms with van der Waals surface area (Å²) in [5.41, 5.74) is 9.14. The quantitative estimate of drug-likeness (QED) is 0.533. The van der Waals surface area contributed by atoms with Gasteiger partial charge in [-0.15, -0.1) is 0 Å². The number of hydrogen-bond donors (Lipinski definition) is 1. The van der Waals surface area contributed by atoms with Crippen LogP contribution in [0.2, 0.25) is 5.02 Å².